The summed E-state index contributed by atoms with van der Waals surface area (Å²) < 4.78 is 38.3. The molecule has 0 radical (unpaired) electrons. The summed E-state index contributed by atoms with van der Waals surface area (Å²) in [6, 6.07) is 8.69. The number of aliphatic hydroxyl groups is 4. The number of aryl methyl sites for hydroxylation is 1. The summed E-state index contributed by atoms with van der Waals surface area (Å²) in [5, 5.41) is 54.2. The van der Waals surface area contributed by atoms with Crippen LogP contribution < -0.4 is 20.9 Å². The fourth-order valence-electron chi connectivity index (χ4n) is 15.9. The minimum atomic E-state index is -2.37. The lowest BCUT2D eigenvalue weighted by molar-refractivity contribution is -0.346. The molecule has 1 aromatic carbocycles. The van der Waals surface area contributed by atoms with Crippen LogP contribution in [0.3, 0.4) is 0 Å². The van der Waals surface area contributed by atoms with Gasteiger partial charge in [0.15, 0.2) is 6.10 Å². The van der Waals surface area contributed by atoms with E-state index < -0.39 is 90.3 Å². The van der Waals surface area contributed by atoms with Crippen LogP contribution in [-0.2, 0) is 49.4 Å². The number of hydrogen-bond donors (Lipinski definition) is 7. The van der Waals surface area contributed by atoms with Crippen LogP contribution in [0.2, 0.25) is 0 Å². The van der Waals surface area contributed by atoms with E-state index in [0.29, 0.717) is 116 Å². The Morgan fingerprint density at radius 3 is 2.28 bits per heavy atom. The number of methoxy groups -OCH3 is 4. The van der Waals surface area contributed by atoms with Crippen molar-refractivity contribution in [2.45, 2.75) is 225 Å². The number of Topliss-reactive ketones (excluding diaryl/α,β-unsaturated/α-hetero) is 1. The van der Waals surface area contributed by atoms with Crippen molar-refractivity contribution in [3.8, 4) is 5.75 Å². The number of carbonyl (C=O) groups excluding carboxylic acids is 5. The van der Waals surface area contributed by atoms with Gasteiger partial charge in [0.1, 0.15) is 29.8 Å². The van der Waals surface area contributed by atoms with Gasteiger partial charge in [-0.3, -0.25) is 24.0 Å². The van der Waals surface area contributed by atoms with Crippen molar-refractivity contribution in [3.63, 3.8) is 0 Å². The topological polar surface area (TPSA) is 290 Å². The largest absolute Gasteiger partial charge is 0.496 e. The fraction of sp³-hybridized carbons (Fsp3) is 0.703. The van der Waals surface area contributed by atoms with Gasteiger partial charge in [0, 0.05) is 106 Å². The van der Waals surface area contributed by atoms with Crippen LogP contribution in [-0.4, -0.2) is 203 Å². The molecule has 16 atom stereocenters. The number of piperidine rings is 2. The Balaban J connectivity index is 0.879. The lowest BCUT2D eigenvalue weighted by Gasteiger charge is -2.49. The number of aromatic amines is 1. The van der Waals surface area contributed by atoms with Gasteiger partial charge in [-0.1, -0.05) is 56.7 Å². The molecule has 4 aliphatic heterocycles. The standard InChI is InChI=1S/C74H112N6O16S/c1-43-34-44(2)36-63(93-11)68-64(94-12)38-46(4)74(90,96-68)69(85)72(88)79-28-16-15-21-57(79)73(89)95-67(45(3)37-51-22-23-58(81)62(40-51)92-10)48(6)59(82)41-60(83)53(35-43)18-17-32-97-33-26-65(84)75-27-31-78-29-24-52(25-30-78)49(7)80-50(8)66(54-19-13-14-20-56(54)80)71(87)76-42-55-61(91-9)39-47(5)77-70(55)86/h13-14,19-20,35,37,39,44,46,48-49,51-53,57-59,62-64,67-69,81-82,85,90H,15-18,21-34,36,38,40-42H2,1-12H3,(H,75,84)(H,76,87)(H,77,86)/b43-35+,45-37+/t44-,46+,48+,49-,51-,53+,57-,58+,59-,62+,63-,64-,67+,68+,69?,74+/m0/s1. The second-order valence-electron chi connectivity index (χ2n) is 28.5. The maximum absolute atomic E-state index is 14.8. The molecule has 2 aromatic heterocycles. The molecule has 22 nitrogen and oxygen atoms in total. The van der Waals surface area contributed by atoms with Gasteiger partial charge in [-0.05, 0) is 172 Å². The van der Waals surface area contributed by atoms with E-state index in [1.54, 1.807) is 59.9 Å². The normalized spacial score (nSPS) is 31.3. The highest BCUT2D eigenvalue weighted by atomic mass is 32.2. The molecule has 97 heavy (non-hydrogen) atoms. The third-order valence-corrected chi connectivity index (χ3v) is 22.7. The van der Waals surface area contributed by atoms with Gasteiger partial charge in [0.25, 0.3) is 17.4 Å². The molecule has 0 spiro atoms. The van der Waals surface area contributed by atoms with E-state index in [0.717, 1.165) is 54.6 Å². The number of para-hydroxylation sites is 1. The number of esters is 1. The molecule has 3 amide bonds. The first kappa shape index (κ1) is 77.3. The van der Waals surface area contributed by atoms with E-state index in [2.05, 4.69) is 45.0 Å². The van der Waals surface area contributed by atoms with Gasteiger partial charge in [-0.15, -0.1) is 0 Å². The van der Waals surface area contributed by atoms with Crippen LogP contribution in [0.5, 0.6) is 5.75 Å². The van der Waals surface area contributed by atoms with E-state index in [-0.39, 0.29) is 73.4 Å². The Morgan fingerprint density at radius 1 is 0.856 bits per heavy atom. The van der Waals surface area contributed by atoms with Crippen LogP contribution in [0, 0.1) is 49.4 Å². The Morgan fingerprint density at radius 2 is 1.57 bits per heavy atom. The molecule has 23 heteroatoms. The molecule has 3 saturated heterocycles. The number of hydrogen-bond acceptors (Lipinski definition) is 18. The van der Waals surface area contributed by atoms with E-state index >= 15 is 0 Å². The van der Waals surface area contributed by atoms with Crippen molar-refractivity contribution in [2.24, 2.45) is 35.5 Å². The van der Waals surface area contributed by atoms with E-state index in [4.69, 9.17) is 28.4 Å². The number of aliphatic hydroxyl groups excluding tert-OH is 3. The Hall–Kier alpha value is -5.47. The predicted molar refractivity (Wildman–Crippen MR) is 373 cm³/mol. The highest BCUT2D eigenvalue weighted by molar-refractivity contribution is 7.99. The number of benzene rings is 1. The number of allylic oxidation sites excluding steroid dienone is 3. The second-order valence-corrected chi connectivity index (χ2v) is 29.8. The van der Waals surface area contributed by atoms with E-state index in [9.17, 15) is 49.2 Å². The molecule has 540 valence electrons. The SMILES string of the molecule is COc1cc(C)[nH]c(=O)c1CNC(=O)c1c(C)n([C@@H](C)C2CCN(CCNC(=O)CCSCCC[C@@H]3/C=C(\C)C[C@H](C)C[C@H](OC)[C@H]4O[C@@](O)(C(O)C(=O)N5CCCC[C@H]5C(=O)O[C@H](/C(C)=C/[C@@H]5CC[C@@H](O)[C@H](OC)C5)[C@H](C)[C@@H](O)CC3=O)[C@H](C)C[C@@H]4OC)CC2)c2ccccc12. The summed E-state index contributed by atoms with van der Waals surface area (Å²) in [7, 11) is 6.17. The Bertz CT molecular complexity index is 3270. The van der Waals surface area contributed by atoms with Gasteiger partial charge in [-0.25, -0.2) is 4.79 Å². The lowest BCUT2D eigenvalue weighted by Crippen LogP contribution is -2.66. The molecule has 8 rings (SSSR count). The summed E-state index contributed by atoms with van der Waals surface area (Å²) in [4.78, 5) is 90.5. The number of pyridine rings is 1. The lowest BCUT2D eigenvalue weighted by atomic mass is 9.81. The van der Waals surface area contributed by atoms with Crippen molar-refractivity contribution >= 4 is 52.1 Å². The van der Waals surface area contributed by atoms with Crippen molar-refractivity contribution in [1.82, 2.24) is 30.0 Å². The average Bonchev–Trinajstić information content (AvgIpc) is 1.70. The number of amides is 3. The van der Waals surface area contributed by atoms with E-state index in [1.807, 2.05) is 51.1 Å². The number of aromatic nitrogens is 2. The number of carbonyl (C=O) groups is 5. The summed E-state index contributed by atoms with van der Waals surface area (Å²) in [5.74, 6) is -4.51. The minimum Gasteiger partial charge on any atom is -0.496 e. The van der Waals surface area contributed by atoms with Gasteiger partial charge in [0.05, 0.1) is 55.3 Å². The van der Waals surface area contributed by atoms with Crippen molar-refractivity contribution < 1.29 is 72.8 Å². The quantitative estimate of drug-likeness (QED) is 0.0302. The number of nitrogens with one attached hydrogen (secondary N) is 3. The molecule has 4 fully saturated rings. The maximum atomic E-state index is 14.8. The molecular formula is C74H112N6O16S. The zero-order valence-electron chi connectivity index (χ0n) is 59.5. The maximum Gasteiger partial charge on any atom is 0.329 e. The van der Waals surface area contributed by atoms with Crippen molar-refractivity contribution in [1.29, 1.82) is 0 Å². The number of cyclic esters (lactones) is 1. The number of ether oxygens (including phenoxy) is 6. The van der Waals surface area contributed by atoms with Crippen LogP contribution in [0.4, 0.5) is 0 Å². The summed E-state index contributed by atoms with van der Waals surface area (Å²) in [6.45, 7) is 18.5. The monoisotopic (exact) mass is 1370 g/mol. The zero-order chi connectivity index (χ0) is 70.4. The third kappa shape index (κ3) is 19.1. The third-order valence-electron chi connectivity index (χ3n) is 21.6. The number of thioether (sulfide) groups is 1. The smallest absolute Gasteiger partial charge is 0.329 e. The number of H-pyrrole nitrogens is 1. The highest BCUT2D eigenvalue weighted by Gasteiger charge is 2.56. The summed E-state index contributed by atoms with van der Waals surface area (Å²) in [5.41, 5.74) is 4.78. The fourth-order valence-corrected chi connectivity index (χ4v) is 16.8. The second kappa shape index (κ2) is 35.7. The molecule has 1 saturated carbocycles. The molecule has 5 aliphatic rings. The first-order valence-corrected chi connectivity index (χ1v) is 36.6. The first-order valence-electron chi connectivity index (χ1n) is 35.5. The minimum absolute atomic E-state index is 0.0178. The molecule has 1 unspecified atom stereocenters. The Kier molecular flexibility index (Phi) is 28.5. The highest BCUT2D eigenvalue weighted by Crippen LogP contribution is 2.42. The molecule has 7 N–H and O–H groups in total. The van der Waals surface area contributed by atoms with Crippen LogP contribution in [0.25, 0.3) is 10.9 Å². The van der Waals surface area contributed by atoms with Crippen LogP contribution in [0.1, 0.15) is 171 Å². The number of nitrogens with zero attached hydrogens (tertiary/aromatic N) is 3. The summed E-state index contributed by atoms with van der Waals surface area (Å²) in [6.07, 6.45) is 4.08. The molecule has 3 aromatic rings. The number of fused-ring (bicyclic) bond motifs is 4. The van der Waals surface area contributed by atoms with Gasteiger partial charge in [-0.2, -0.15) is 11.8 Å². The Labute approximate surface area is 577 Å². The molecule has 6 heterocycles. The average molecular weight is 1370 g/mol. The van der Waals surface area contributed by atoms with Crippen molar-refractivity contribution in [3.05, 3.63) is 86.5 Å². The summed E-state index contributed by atoms with van der Waals surface area (Å²) >= 11 is 1.66. The van der Waals surface area contributed by atoms with Crippen LogP contribution >= 0.6 is 11.8 Å². The molecule has 2 bridgehead atoms. The van der Waals surface area contributed by atoms with Gasteiger partial charge < -0.3 is 78.8 Å². The predicted octanol–water partition coefficient (Wildman–Crippen LogP) is 8.05. The van der Waals surface area contributed by atoms with Crippen molar-refractivity contribution in [2.75, 3.05) is 72.7 Å². The van der Waals surface area contributed by atoms with Crippen LogP contribution in [0.15, 0.2) is 58.4 Å². The van der Waals surface area contributed by atoms with Gasteiger partial charge in [0.2, 0.25) is 11.7 Å². The zero-order valence-corrected chi connectivity index (χ0v) is 60.3. The molecular weight excluding hydrogens is 1260 g/mol. The number of ketones is 1. The van der Waals surface area contributed by atoms with Gasteiger partial charge >= 0.3 is 5.97 Å². The first-order chi connectivity index (χ1) is 46.3. The van der Waals surface area contributed by atoms with E-state index in [1.165, 1.54) is 12.0 Å². The number of likely N-dealkylation sites (tertiary alicyclic amines) is 1. The molecule has 1 aliphatic carbocycles. The number of rotatable bonds is 21.